The standard InChI is InChI=1S/C22H15Cl2NO3S/c1-13-3-2-4-14(9-13)12-25-21(26)20(29-22(25)27)11-16-6-8-19(28-16)17-7-5-15(23)10-18(17)24/h2-11H,12H2,1H3/b20-11-. The number of aryl methyl sites for hydroxylation is 1. The molecule has 1 aliphatic heterocycles. The van der Waals surface area contributed by atoms with Gasteiger partial charge in [-0.3, -0.25) is 14.5 Å². The zero-order valence-corrected chi connectivity index (χ0v) is 17.6. The number of hydrogen-bond donors (Lipinski definition) is 0. The van der Waals surface area contributed by atoms with Crippen molar-refractivity contribution in [3.05, 3.63) is 86.4 Å². The molecule has 0 saturated carbocycles. The van der Waals surface area contributed by atoms with E-state index in [1.54, 1.807) is 36.4 Å². The molecule has 0 bridgehead atoms. The molecule has 146 valence electrons. The molecule has 1 aromatic heterocycles. The molecule has 0 N–H and O–H groups in total. The van der Waals surface area contributed by atoms with E-state index in [0.717, 1.165) is 22.9 Å². The molecule has 0 unspecified atom stereocenters. The highest BCUT2D eigenvalue weighted by atomic mass is 35.5. The van der Waals surface area contributed by atoms with Crippen molar-refractivity contribution >= 4 is 52.2 Å². The van der Waals surface area contributed by atoms with Crippen LogP contribution in [0, 0.1) is 6.92 Å². The van der Waals surface area contributed by atoms with Gasteiger partial charge in [0.05, 0.1) is 16.5 Å². The molecule has 4 nitrogen and oxygen atoms in total. The molecule has 4 rings (SSSR count). The van der Waals surface area contributed by atoms with E-state index in [9.17, 15) is 9.59 Å². The van der Waals surface area contributed by atoms with Crippen molar-refractivity contribution in [1.29, 1.82) is 0 Å². The lowest BCUT2D eigenvalue weighted by atomic mass is 10.1. The zero-order chi connectivity index (χ0) is 20.5. The van der Waals surface area contributed by atoms with Crippen molar-refractivity contribution in [2.75, 3.05) is 0 Å². The van der Waals surface area contributed by atoms with Crippen molar-refractivity contribution in [1.82, 2.24) is 4.90 Å². The Kier molecular flexibility index (Phi) is 5.54. The predicted molar refractivity (Wildman–Crippen MR) is 117 cm³/mol. The average Bonchev–Trinajstić information content (AvgIpc) is 3.22. The summed E-state index contributed by atoms with van der Waals surface area (Å²) < 4.78 is 5.81. The van der Waals surface area contributed by atoms with Crippen LogP contribution in [0.2, 0.25) is 10.0 Å². The number of furan rings is 1. The Bertz CT molecular complexity index is 1150. The van der Waals surface area contributed by atoms with Crippen LogP contribution in [-0.2, 0) is 11.3 Å². The van der Waals surface area contributed by atoms with E-state index >= 15 is 0 Å². The van der Waals surface area contributed by atoms with Crippen LogP contribution in [0.5, 0.6) is 0 Å². The van der Waals surface area contributed by atoms with Gasteiger partial charge in [-0.1, -0.05) is 53.0 Å². The molecule has 2 aromatic carbocycles. The highest BCUT2D eigenvalue weighted by molar-refractivity contribution is 8.18. The molecule has 0 atom stereocenters. The molecule has 29 heavy (non-hydrogen) atoms. The Labute approximate surface area is 182 Å². The molecule has 1 aliphatic rings. The number of rotatable bonds is 4. The van der Waals surface area contributed by atoms with Gasteiger partial charge in [-0.25, -0.2) is 0 Å². The lowest BCUT2D eigenvalue weighted by Crippen LogP contribution is -2.27. The van der Waals surface area contributed by atoms with Gasteiger partial charge in [-0.05, 0) is 54.6 Å². The largest absolute Gasteiger partial charge is 0.457 e. The number of carbonyl (C=O) groups excluding carboxylic acids is 2. The Morgan fingerprint density at radius 1 is 1.07 bits per heavy atom. The number of nitrogens with zero attached hydrogens (tertiary/aromatic N) is 1. The van der Waals surface area contributed by atoms with Gasteiger partial charge in [0, 0.05) is 16.7 Å². The van der Waals surface area contributed by atoms with Gasteiger partial charge in [-0.2, -0.15) is 0 Å². The molecule has 3 aromatic rings. The van der Waals surface area contributed by atoms with Crippen LogP contribution in [0.15, 0.2) is 63.9 Å². The molecule has 1 saturated heterocycles. The minimum Gasteiger partial charge on any atom is -0.457 e. The number of halogens is 2. The first-order chi connectivity index (χ1) is 13.9. The summed E-state index contributed by atoms with van der Waals surface area (Å²) in [5, 5.41) is 0.708. The number of benzene rings is 2. The van der Waals surface area contributed by atoms with E-state index in [1.165, 1.54) is 4.90 Å². The number of thioether (sulfide) groups is 1. The average molecular weight is 444 g/mol. The van der Waals surface area contributed by atoms with Gasteiger partial charge < -0.3 is 4.42 Å². The third kappa shape index (κ3) is 4.27. The molecular weight excluding hydrogens is 429 g/mol. The van der Waals surface area contributed by atoms with Gasteiger partial charge in [0.1, 0.15) is 11.5 Å². The molecule has 1 fully saturated rings. The maximum absolute atomic E-state index is 12.7. The van der Waals surface area contributed by atoms with Crippen LogP contribution in [0.3, 0.4) is 0 Å². The van der Waals surface area contributed by atoms with Crippen LogP contribution in [0.1, 0.15) is 16.9 Å². The molecule has 0 spiro atoms. The minimum absolute atomic E-state index is 0.244. The van der Waals surface area contributed by atoms with E-state index in [-0.39, 0.29) is 17.7 Å². The van der Waals surface area contributed by atoms with Crippen molar-refractivity contribution in [2.45, 2.75) is 13.5 Å². The van der Waals surface area contributed by atoms with E-state index in [1.807, 2.05) is 31.2 Å². The second kappa shape index (κ2) is 8.11. The third-order valence-electron chi connectivity index (χ3n) is 4.39. The lowest BCUT2D eigenvalue weighted by molar-refractivity contribution is -0.123. The normalized spacial score (nSPS) is 15.6. The molecule has 2 heterocycles. The molecular formula is C22H15Cl2NO3S. The molecule has 2 amide bonds. The van der Waals surface area contributed by atoms with Crippen LogP contribution >= 0.6 is 35.0 Å². The Hall–Kier alpha value is -2.47. The van der Waals surface area contributed by atoms with Crippen molar-refractivity contribution in [2.24, 2.45) is 0 Å². The first-order valence-corrected chi connectivity index (χ1v) is 10.3. The summed E-state index contributed by atoms with van der Waals surface area (Å²) >= 11 is 13.1. The Morgan fingerprint density at radius 2 is 1.90 bits per heavy atom. The third-order valence-corrected chi connectivity index (χ3v) is 5.85. The highest BCUT2D eigenvalue weighted by Gasteiger charge is 2.35. The number of amides is 2. The van der Waals surface area contributed by atoms with Crippen LogP contribution in [-0.4, -0.2) is 16.0 Å². The van der Waals surface area contributed by atoms with E-state index in [4.69, 9.17) is 27.6 Å². The summed E-state index contributed by atoms with van der Waals surface area (Å²) in [5.41, 5.74) is 2.68. The Balaban J connectivity index is 1.55. The van der Waals surface area contributed by atoms with Gasteiger partial charge in [-0.15, -0.1) is 0 Å². The second-order valence-corrected chi connectivity index (χ2v) is 8.42. The number of hydrogen-bond acceptors (Lipinski definition) is 4. The van der Waals surface area contributed by atoms with E-state index < -0.39 is 0 Å². The second-order valence-electron chi connectivity index (χ2n) is 6.58. The predicted octanol–water partition coefficient (Wildman–Crippen LogP) is 6.80. The first kappa shape index (κ1) is 19.8. The van der Waals surface area contributed by atoms with Gasteiger partial charge >= 0.3 is 0 Å². The Morgan fingerprint density at radius 3 is 2.66 bits per heavy atom. The van der Waals surface area contributed by atoms with E-state index in [2.05, 4.69) is 0 Å². The summed E-state index contributed by atoms with van der Waals surface area (Å²) in [4.78, 5) is 26.6. The zero-order valence-electron chi connectivity index (χ0n) is 15.3. The van der Waals surface area contributed by atoms with Crippen LogP contribution < -0.4 is 0 Å². The number of carbonyl (C=O) groups is 2. The highest BCUT2D eigenvalue weighted by Crippen LogP contribution is 2.35. The van der Waals surface area contributed by atoms with E-state index in [0.29, 0.717) is 32.0 Å². The van der Waals surface area contributed by atoms with Gasteiger partial charge in [0.25, 0.3) is 11.1 Å². The van der Waals surface area contributed by atoms with Crippen LogP contribution in [0.25, 0.3) is 17.4 Å². The summed E-state index contributed by atoms with van der Waals surface area (Å²) in [6.45, 7) is 2.21. The fourth-order valence-corrected chi connectivity index (χ4v) is 4.34. The topological polar surface area (TPSA) is 50.5 Å². The fourth-order valence-electron chi connectivity index (χ4n) is 3.02. The van der Waals surface area contributed by atoms with Crippen molar-refractivity contribution in [3.63, 3.8) is 0 Å². The van der Waals surface area contributed by atoms with Crippen molar-refractivity contribution in [3.8, 4) is 11.3 Å². The van der Waals surface area contributed by atoms with Crippen LogP contribution in [0.4, 0.5) is 4.79 Å². The minimum atomic E-state index is -0.330. The molecule has 7 heteroatoms. The van der Waals surface area contributed by atoms with Crippen molar-refractivity contribution < 1.29 is 14.0 Å². The molecule has 0 aliphatic carbocycles. The molecule has 0 radical (unpaired) electrons. The smallest absolute Gasteiger partial charge is 0.293 e. The van der Waals surface area contributed by atoms with Gasteiger partial charge in [0.15, 0.2) is 0 Å². The van der Waals surface area contributed by atoms with Gasteiger partial charge in [0.2, 0.25) is 0 Å². The summed E-state index contributed by atoms with van der Waals surface area (Å²) in [5.74, 6) is 0.688. The first-order valence-electron chi connectivity index (χ1n) is 8.77. The summed E-state index contributed by atoms with van der Waals surface area (Å²) in [7, 11) is 0. The number of imide groups is 1. The summed E-state index contributed by atoms with van der Waals surface area (Å²) in [6, 6.07) is 16.4. The maximum atomic E-state index is 12.7. The lowest BCUT2D eigenvalue weighted by Gasteiger charge is -2.12. The SMILES string of the molecule is Cc1cccc(CN2C(=O)S/C(=C\c3ccc(-c4ccc(Cl)cc4Cl)o3)C2=O)c1. The quantitative estimate of drug-likeness (QED) is 0.416. The monoisotopic (exact) mass is 443 g/mol. The maximum Gasteiger partial charge on any atom is 0.293 e. The fraction of sp³-hybridized carbons (Fsp3) is 0.0909. The summed E-state index contributed by atoms with van der Waals surface area (Å²) in [6.07, 6.45) is 1.58.